The number of unbranched alkanes of at least 4 members (excludes halogenated alkanes) is 1. The van der Waals surface area contributed by atoms with Crippen LogP contribution in [0.15, 0.2) is 34.2 Å². The first-order chi connectivity index (χ1) is 15.2. The van der Waals surface area contributed by atoms with Gasteiger partial charge in [-0.2, -0.15) is 0 Å². The minimum atomic E-state index is -0.502. The molecule has 0 unspecified atom stereocenters. The summed E-state index contributed by atoms with van der Waals surface area (Å²) in [6, 6.07) is 7.39. The molecule has 1 aromatic carbocycles. The average molecular weight is 462 g/mol. The number of carbonyl (C=O) groups is 2. The number of hydrogen-bond donors (Lipinski definition) is 2. The lowest BCUT2D eigenvalue weighted by Crippen LogP contribution is -2.41. The summed E-state index contributed by atoms with van der Waals surface area (Å²) in [5.41, 5.74) is 0.474. The second-order valence-electron chi connectivity index (χ2n) is 8.24. The van der Waals surface area contributed by atoms with Crippen LogP contribution in [0, 0.1) is 0 Å². The topological polar surface area (TPSA) is 96.3 Å². The van der Waals surface area contributed by atoms with Gasteiger partial charge in [-0.25, -0.2) is 9.78 Å². The highest BCUT2D eigenvalue weighted by Crippen LogP contribution is 2.18. The maximum Gasteiger partial charge on any atom is 0.321 e. The molecule has 2 aromatic rings. The molecular formula is C23H35N5O3S. The molecule has 2 N–H and O–H groups in total. The number of fused-ring (bicyclic) bond motifs is 1. The van der Waals surface area contributed by atoms with E-state index in [2.05, 4.69) is 48.2 Å². The van der Waals surface area contributed by atoms with Crippen molar-refractivity contribution in [2.24, 2.45) is 0 Å². The van der Waals surface area contributed by atoms with Crippen molar-refractivity contribution in [3.63, 3.8) is 0 Å². The standard InChI is InChI=1S/C23H35N5O3S/c1-6-7-12-24-22(31)26-20(29)15-32-23-25-19-11-9-8-10-18(19)21(30)28(23)14-13-27(16(2)3)17(4)5/h8-11,16-17H,6-7,12-15H2,1-5H3,(H2,24,26,29,31). The first kappa shape index (κ1) is 25.9. The molecule has 32 heavy (non-hydrogen) atoms. The number of benzene rings is 1. The van der Waals surface area contributed by atoms with Crippen molar-refractivity contribution in [1.29, 1.82) is 0 Å². The second-order valence-corrected chi connectivity index (χ2v) is 9.18. The monoisotopic (exact) mass is 461 g/mol. The highest BCUT2D eigenvalue weighted by molar-refractivity contribution is 7.99. The predicted molar refractivity (Wildman–Crippen MR) is 130 cm³/mol. The van der Waals surface area contributed by atoms with E-state index >= 15 is 0 Å². The van der Waals surface area contributed by atoms with Crippen LogP contribution in [-0.2, 0) is 11.3 Å². The Hall–Kier alpha value is -2.39. The maximum absolute atomic E-state index is 13.2. The molecule has 0 bridgehead atoms. The number of amides is 3. The number of aromatic nitrogens is 2. The second kappa shape index (κ2) is 12.6. The van der Waals surface area contributed by atoms with Gasteiger partial charge in [0, 0.05) is 31.7 Å². The number of para-hydroxylation sites is 1. The van der Waals surface area contributed by atoms with Crippen LogP contribution in [0.25, 0.3) is 10.9 Å². The number of carbonyl (C=O) groups excluding carboxylic acids is 2. The van der Waals surface area contributed by atoms with Crippen LogP contribution in [0.5, 0.6) is 0 Å². The summed E-state index contributed by atoms with van der Waals surface area (Å²) < 4.78 is 1.64. The van der Waals surface area contributed by atoms with Crippen molar-refractivity contribution >= 4 is 34.6 Å². The lowest BCUT2D eigenvalue weighted by Gasteiger charge is -2.30. The van der Waals surface area contributed by atoms with Crippen LogP contribution in [0.3, 0.4) is 0 Å². The lowest BCUT2D eigenvalue weighted by molar-refractivity contribution is -0.117. The fraction of sp³-hybridized carbons (Fsp3) is 0.565. The first-order valence-electron chi connectivity index (χ1n) is 11.2. The predicted octanol–water partition coefficient (Wildman–Crippen LogP) is 3.23. The summed E-state index contributed by atoms with van der Waals surface area (Å²) >= 11 is 1.16. The number of imide groups is 1. The van der Waals surface area contributed by atoms with Gasteiger partial charge in [-0.1, -0.05) is 37.2 Å². The molecule has 0 atom stereocenters. The van der Waals surface area contributed by atoms with E-state index in [9.17, 15) is 14.4 Å². The van der Waals surface area contributed by atoms with Crippen molar-refractivity contribution < 1.29 is 9.59 Å². The summed E-state index contributed by atoms with van der Waals surface area (Å²) in [5.74, 6) is -0.437. The van der Waals surface area contributed by atoms with Crippen molar-refractivity contribution in [3.05, 3.63) is 34.6 Å². The van der Waals surface area contributed by atoms with Gasteiger partial charge < -0.3 is 5.32 Å². The number of thioether (sulfide) groups is 1. The SMILES string of the molecule is CCCCNC(=O)NC(=O)CSc1nc2ccccc2c(=O)n1CCN(C(C)C)C(C)C. The minimum Gasteiger partial charge on any atom is -0.338 e. The molecule has 0 fully saturated rings. The Labute approximate surface area is 194 Å². The lowest BCUT2D eigenvalue weighted by atomic mass is 10.2. The van der Waals surface area contributed by atoms with Crippen LogP contribution < -0.4 is 16.2 Å². The molecule has 1 heterocycles. The summed E-state index contributed by atoms with van der Waals surface area (Å²) in [4.78, 5) is 44.2. The maximum atomic E-state index is 13.2. The third-order valence-electron chi connectivity index (χ3n) is 5.14. The van der Waals surface area contributed by atoms with Crippen LogP contribution >= 0.6 is 11.8 Å². The van der Waals surface area contributed by atoms with Gasteiger partial charge in [0.25, 0.3) is 5.56 Å². The van der Waals surface area contributed by atoms with Crippen molar-refractivity contribution in [2.75, 3.05) is 18.8 Å². The highest BCUT2D eigenvalue weighted by atomic mass is 32.2. The largest absolute Gasteiger partial charge is 0.338 e. The van der Waals surface area contributed by atoms with Crippen LogP contribution in [-0.4, -0.2) is 57.3 Å². The molecule has 0 saturated heterocycles. The molecule has 176 valence electrons. The summed E-state index contributed by atoms with van der Waals surface area (Å²) in [5, 5.41) is 6.01. The van der Waals surface area contributed by atoms with Crippen molar-refractivity contribution in [1.82, 2.24) is 25.1 Å². The smallest absolute Gasteiger partial charge is 0.321 e. The molecule has 0 aliphatic rings. The Balaban J connectivity index is 2.18. The Bertz CT molecular complexity index is 966. The zero-order chi connectivity index (χ0) is 23.7. The van der Waals surface area contributed by atoms with Gasteiger partial charge >= 0.3 is 6.03 Å². The van der Waals surface area contributed by atoms with E-state index < -0.39 is 11.9 Å². The molecule has 1 aromatic heterocycles. The van der Waals surface area contributed by atoms with E-state index in [-0.39, 0.29) is 11.3 Å². The average Bonchev–Trinajstić information content (AvgIpc) is 2.73. The molecular weight excluding hydrogens is 426 g/mol. The molecule has 0 aliphatic heterocycles. The van der Waals surface area contributed by atoms with Gasteiger partial charge in [0.05, 0.1) is 16.7 Å². The molecule has 0 saturated carbocycles. The van der Waals surface area contributed by atoms with E-state index in [1.165, 1.54) is 0 Å². The highest BCUT2D eigenvalue weighted by Gasteiger charge is 2.17. The first-order valence-corrected chi connectivity index (χ1v) is 12.2. The molecule has 3 amide bonds. The third kappa shape index (κ3) is 7.34. The Morgan fingerprint density at radius 1 is 1.16 bits per heavy atom. The summed E-state index contributed by atoms with van der Waals surface area (Å²) in [7, 11) is 0. The fourth-order valence-electron chi connectivity index (χ4n) is 3.50. The van der Waals surface area contributed by atoms with Gasteiger partial charge in [-0.05, 0) is 46.2 Å². The van der Waals surface area contributed by atoms with Crippen molar-refractivity contribution in [2.45, 2.75) is 71.2 Å². The van der Waals surface area contributed by atoms with Gasteiger partial charge in [0.2, 0.25) is 5.91 Å². The Morgan fingerprint density at radius 3 is 2.50 bits per heavy atom. The Kier molecular flexibility index (Phi) is 10.2. The van der Waals surface area contributed by atoms with E-state index in [1.54, 1.807) is 16.7 Å². The quantitative estimate of drug-likeness (QED) is 0.303. The summed E-state index contributed by atoms with van der Waals surface area (Å²) in [6.45, 7) is 12.2. The van der Waals surface area contributed by atoms with Crippen molar-refractivity contribution in [3.8, 4) is 0 Å². The van der Waals surface area contributed by atoms with Crippen LogP contribution in [0.4, 0.5) is 4.79 Å². The number of urea groups is 1. The van der Waals surface area contributed by atoms with E-state index in [0.717, 1.165) is 24.6 Å². The number of hydrogen-bond acceptors (Lipinski definition) is 6. The van der Waals surface area contributed by atoms with Crippen LogP contribution in [0.2, 0.25) is 0 Å². The number of rotatable bonds is 11. The molecule has 0 radical (unpaired) electrons. The Morgan fingerprint density at radius 2 is 1.84 bits per heavy atom. The molecule has 2 rings (SSSR count). The van der Waals surface area contributed by atoms with Gasteiger partial charge in [-0.3, -0.25) is 24.4 Å². The molecule has 9 heteroatoms. The normalized spacial score (nSPS) is 11.5. The fourth-order valence-corrected chi connectivity index (χ4v) is 4.32. The molecule has 8 nitrogen and oxygen atoms in total. The summed E-state index contributed by atoms with van der Waals surface area (Å²) in [6.07, 6.45) is 1.81. The third-order valence-corrected chi connectivity index (χ3v) is 6.11. The minimum absolute atomic E-state index is 0.00987. The van der Waals surface area contributed by atoms with E-state index in [1.807, 2.05) is 19.1 Å². The number of nitrogens with one attached hydrogen (secondary N) is 2. The van der Waals surface area contributed by atoms with Gasteiger partial charge in [0.1, 0.15) is 0 Å². The number of nitrogens with zero attached hydrogens (tertiary/aromatic N) is 3. The molecule has 0 aliphatic carbocycles. The van der Waals surface area contributed by atoms with E-state index in [4.69, 9.17) is 0 Å². The zero-order valence-electron chi connectivity index (χ0n) is 19.7. The van der Waals surface area contributed by atoms with Gasteiger partial charge in [0.15, 0.2) is 5.16 Å². The van der Waals surface area contributed by atoms with Crippen LogP contribution in [0.1, 0.15) is 47.5 Å². The van der Waals surface area contributed by atoms with E-state index in [0.29, 0.717) is 47.8 Å². The zero-order valence-corrected chi connectivity index (χ0v) is 20.5. The van der Waals surface area contributed by atoms with Gasteiger partial charge in [-0.15, -0.1) is 0 Å². The molecule has 0 spiro atoms.